The number of hydroxylamine groups is 1. The maximum atomic E-state index is 5.58. The summed E-state index contributed by atoms with van der Waals surface area (Å²) in [5, 5.41) is 0. The Balaban J connectivity index is 1.39. The average Bonchev–Trinajstić information content (AvgIpc) is 2.44. The summed E-state index contributed by atoms with van der Waals surface area (Å²) >= 11 is 0. The van der Waals surface area contributed by atoms with E-state index in [1.54, 1.807) is 0 Å². The quantitative estimate of drug-likeness (QED) is 0.828. The first-order chi connectivity index (χ1) is 9.81. The van der Waals surface area contributed by atoms with Crippen LogP contribution in [0.4, 0.5) is 0 Å². The SMILES string of the molecule is Cc1ccc(C2CC(NOCc3ccccc3)C2)cc1. The lowest BCUT2D eigenvalue weighted by molar-refractivity contribution is -0.0197. The number of aryl methyl sites for hydroxylation is 1. The van der Waals surface area contributed by atoms with E-state index in [-0.39, 0.29) is 0 Å². The Morgan fingerprint density at radius 2 is 1.70 bits per heavy atom. The van der Waals surface area contributed by atoms with Gasteiger partial charge in [-0.15, -0.1) is 0 Å². The van der Waals surface area contributed by atoms with Gasteiger partial charge in [0.05, 0.1) is 6.61 Å². The van der Waals surface area contributed by atoms with Crippen LogP contribution in [0.5, 0.6) is 0 Å². The van der Waals surface area contributed by atoms with Crippen molar-refractivity contribution < 1.29 is 4.84 Å². The van der Waals surface area contributed by atoms with Crippen molar-refractivity contribution in [1.82, 2.24) is 5.48 Å². The second kappa shape index (κ2) is 6.21. The molecule has 1 N–H and O–H groups in total. The summed E-state index contributed by atoms with van der Waals surface area (Å²) in [5.41, 5.74) is 7.16. The van der Waals surface area contributed by atoms with Gasteiger partial charge in [-0.05, 0) is 36.8 Å². The second-order valence-electron chi connectivity index (χ2n) is 5.67. The molecule has 2 aromatic carbocycles. The van der Waals surface area contributed by atoms with Gasteiger partial charge in [-0.25, -0.2) is 0 Å². The fraction of sp³-hybridized carbons (Fsp3) is 0.333. The minimum absolute atomic E-state index is 0.491. The van der Waals surface area contributed by atoms with Gasteiger partial charge in [0, 0.05) is 6.04 Å². The molecule has 0 aromatic heterocycles. The van der Waals surface area contributed by atoms with Gasteiger partial charge < -0.3 is 0 Å². The average molecular weight is 267 g/mol. The second-order valence-corrected chi connectivity index (χ2v) is 5.67. The summed E-state index contributed by atoms with van der Waals surface area (Å²) in [6, 6.07) is 19.6. The fourth-order valence-electron chi connectivity index (χ4n) is 2.64. The molecule has 2 nitrogen and oxygen atoms in total. The van der Waals surface area contributed by atoms with Crippen LogP contribution in [0.2, 0.25) is 0 Å². The van der Waals surface area contributed by atoms with Crippen LogP contribution >= 0.6 is 0 Å². The molecule has 1 saturated carbocycles. The van der Waals surface area contributed by atoms with Gasteiger partial charge in [0.1, 0.15) is 0 Å². The van der Waals surface area contributed by atoms with Gasteiger partial charge in [0.25, 0.3) is 0 Å². The molecule has 1 fully saturated rings. The van der Waals surface area contributed by atoms with E-state index in [9.17, 15) is 0 Å². The Bertz CT molecular complexity index is 529. The predicted molar refractivity (Wildman–Crippen MR) is 81.3 cm³/mol. The Hall–Kier alpha value is -1.64. The zero-order valence-corrected chi connectivity index (χ0v) is 11.9. The van der Waals surface area contributed by atoms with Crippen LogP contribution in [0.3, 0.4) is 0 Å². The first-order valence-electron chi connectivity index (χ1n) is 7.29. The third-order valence-electron chi connectivity index (χ3n) is 4.02. The minimum Gasteiger partial charge on any atom is -0.297 e. The molecule has 0 atom stereocenters. The third kappa shape index (κ3) is 3.27. The molecule has 0 spiro atoms. The number of rotatable bonds is 5. The lowest BCUT2D eigenvalue weighted by Crippen LogP contribution is -2.39. The number of nitrogens with one attached hydrogen (secondary N) is 1. The van der Waals surface area contributed by atoms with Crippen LogP contribution in [-0.4, -0.2) is 6.04 Å². The largest absolute Gasteiger partial charge is 0.297 e. The lowest BCUT2D eigenvalue weighted by atomic mass is 9.76. The number of hydrogen-bond donors (Lipinski definition) is 1. The molecule has 104 valence electrons. The van der Waals surface area contributed by atoms with Gasteiger partial charge >= 0.3 is 0 Å². The van der Waals surface area contributed by atoms with Gasteiger partial charge in [-0.2, -0.15) is 5.48 Å². The van der Waals surface area contributed by atoms with E-state index < -0.39 is 0 Å². The van der Waals surface area contributed by atoms with Crippen LogP contribution in [0, 0.1) is 6.92 Å². The molecule has 0 saturated heterocycles. The van der Waals surface area contributed by atoms with E-state index in [0.29, 0.717) is 18.6 Å². The van der Waals surface area contributed by atoms with Crippen molar-refractivity contribution in [2.45, 2.75) is 38.3 Å². The van der Waals surface area contributed by atoms with E-state index in [4.69, 9.17) is 4.84 Å². The highest BCUT2D eigenvalue weighted by atomic mass is 16.6. The van der Waals surface area contributed by atoms with Gasteiger partial charge in [0.2, 0.25) is 0 Å². The standard InChI is InChI=1S/C18H21NO/c1-14-7-9-16(10-8-14)17-11-18(12-17)19-20-13-15-5-3-2-4-6-15/h2-10,17-19H,11-13H2,1H3. The molecular formula is C18H21NO. The van der Waals surface area contributed by atoms with Crippen molar-refractivity contribution in [3.8, 4) is 0 Å². The molecule has 0 unspecified atom stereocenters. The predicted octanol–water partition coefficient (Wildman–Crippen LogP) is 3.96. The summed E-state index contributed by atoms with van der Waals surface area (Å²) in [4.78, 5) is 5.58. The zero-order valence-electron chi connectivity index (χ0n) is 11.9. The van der Waals surface area contributed by atoms with E-state index in [1.165, 1.54) is 16.7 Å². The Labute approximate surface area is 120 Å². The molecular weight excluding hydrogens is 246 g/mol. The molecule has 1 aliphatic carbocycles. The molecule has 0 aliphatic heterocycles. The van der Waals surface area contributed by atoms with Crippen molar-refractivity contribution >= 4 is 0 Å². The Kier molecular flexibility index (Phi) is 4.14. The monoisotopic (exact) mass is 267 g/mol. The molecule has 3 rings (SSSR count). The van der Waals surface area contributed by atoms with Crippen molar-refractivity contribution in [2.75, 3.05) is 0 Å². The molecule has 0 radical (unpaired) electrons. The summed E-state index contributed by atoms with van der Waals surface area (Å²) in [6.07, 6.45) is 2.33. The molecule has 0 heterocycles. The van der Waals surface area contributed by atoms with E-state index >= 15 is 0 Å². The highest BCUT2D eigenvalue weighted by Crippen LogP contribution is 2.36. The molecule has 20 heavy (non-hydrogen) atoms. The van der Waals surface area contributed by atoms with Crippen LogP contribution in [0.15, 0.2) is 54.6 Å². The van der Waals surface area contributed by atoms with Gasteiger partial charge in [0.15, 0.2) is 0 Å². The van der Waals surface area contributed by atoms with Crippen molar-refractivity contribution in [2.24, 2.45) is 0 Å². The first kappa shape index (κ1) is 13.3. The van der Waals surface area contributed by atoms with E-state index in [1.807, 2.05) is 18.2 Å². The smallest absolute Gasteiger partial charge is 0.0933 e. The lowest BCUT2D eigenvalue weighted by Gasteiger charge is -2.35. The summed E-state index contributed by atoms with van der Waals surface area (Å²) in [5.74, 6) is 0.688. The van der Waals surface area contributed by atoms with Crippen molar-refractivity contribution in [3.05, 3.63) is 71.3 Å². The van der Waals surface area contributed by atoms with Crippen molar-refractivity contribution in [1.29, 1.82) is 0 Å². The summed E-state index contributed by atoms with van der Waals surface area (Å²) in [6.45, 7) is 2.76. The molecule has 0 amide bonds. The number of hydrogen-bond acceptors (Lipinski definition) is 2. The highest BCUT2D eigenvalue weighted by molar-refractivity contribution is 5.26. The number of benzene rings is 2. The normalized spacial score (nSPS) is 21.4. The van der Waals surface area contributed by atoms with Crippen LogP contribution in [0.25, 0.3) is 0 Å². The van der Waals surface area contributed by atoms with Crippen LogP contribution in [0.1, 0.15) is 35.4 Å². The maximum absolute atomic E-state index is 5.58. The molecule has 0 bridgehead atoms. The molecule has 2 heteroatoms. The third-order valence-corrected chi connectivity index (χ3v) is 4.02. The highest BCUT2D eigenvalue weighted by Gasteiger charge is 2.30. The topological polar surface area (TPSA) is 21.3 Å². The molecule has 1 aliphatic rings. The van der Waals surface area contributed by atoms with Crippen LogP contribution in [-0.2, 0) is 11.4 Å². The van der Waals surface area contributed by atoms with Gasteiger partial charge in [-0.1, -0.05) is 60.2 Å². The minimum atomic E-state index is 0.491. The Morgan fingerprint density at radius 1 is 1.00 bits per heavy atom. The Morgan fingerprint density at radius 3 is 2.40 bits per heavy atom. The first-order valence-corrected chi connectivity index (χ1v) is 7.29. The fourth-order valence-corrected chi connectivity index (χ4v) is 2.64. The van der Waals surface area contributed by atoms with Crippen LogP contribution < -0.4 is 5.48 Å². The molecule has 2 aromatic rings. The van der Waals surface area contributed by atoms with E-state index in [0.717, 1.165) is 12.8 Å². The summed E-state index contributed by atoms with van der Waals surface area (Å²) < 4.78 is 0. The summed E-state index contributed by atoms with van der Waals surface area (Å²) in [7, 11) is 0. The van der Waals surface area contributed by atoms with E-state index in [2.05, 4.69) is 48.8 Å². The zero-order chi connectivity index (χ0) is 13.8. The maximum Gasteiger partial charge on any atom is 0.0933 e. The van der Waals surface area contributed by atoms with Gasteiger partial charge in [-0.3, -0.25) is 4.84 Å². The van der Waals surface area contributed by atoms with Crippen molar-refractivity contribution in [3.63, 3.8) is 0 Å².